The fraction of sp³-hybridized carbons (Fsp3) is 0.227. The van der Waals surface area contributed by atoms with E-state index in [2.05, 4.69) is 10.2 Å². The topological polar surface area (TPSA) is 92.5 Å². The van der Waals surface area contributed by atoms with Gasteiger partial charge in [-0.3, -0.25) is 14.9 Å². The van der Waals surface area contributed by atoms with Crippen molar-refractivity contribution < 1.29 is 9.72 Å². The van der Waals surface area contributed by atoms with Crippen LogP contribution in [-0.2, 0) is 0 Å². The zero-order valence-corrected chi connectivity index (χ0v) is 18.7. The van der Waals surface area contributed by atoms with E-state index in [1.807, 2.05) is 17.0 Å². The van der Waals surface area contributed by atoms with E-state index in [9.17, 15) is 14.9 Å². The van der Waals surface area contributed by atoms with Gasteiger partial charge >= 0.3 is 0 Å². The maximum absolute atomic E-state index is 12.8. The van der Waals surface area contributed by atoms with E-state index in [4.69, 9.17) is 23.2 Å². The summed E-state index contributed by atoms with van der Waals surface area (Å²) in [5, 5.41) is 20.8. The van der Waals surface area contributed by atoms with Crippen LogP contribution in [0, 0.1) is 17.0 Å². The molecular formula is C22H19Cl2N5O3. The summed E-state index contributed by atoms with van der Waals surface area (Å²) in [7, 11) is 0. The largest absolute Gasteiger partial charge is 0.352 e. The standard InChI is InChI=1S/C22H19Cl2N5O3/c1-14-2-3-15(12-20(14)29(31)32)22(30)28-10-8-27(9-11-28)21-7-6-19(25-26-21)17-5-4-16(23)13-18(17)24/h2-7,12-13H,8-11H2,1H3. The Hall–Kier alpha value is -3.23. The molecule has 0 bridgehead atoms. The van der Waals surface area contributed by atoms with Crippen LogP contribution in [-0.4, -0.2) is 52.1 Å². The van der Waals surface area contributed by atoms with Crippen LogP contribution in [0.1, 0.15) is 15.9 Å². The number of carbonyl (C=O) groups is 1. The van der Waals surface area contributed by atoms with Crippen LogP contribution < -0.4 is 4.90 Å². The van der Waals surface area contributed by atoms with Gasteiger partial charge in [-0.05, 0) is 43.3 Å². The smallest absolute Gasteiger partial charge is 0.273 e. The highest BCUT2D eigenvalue weighted by Gasteiger charge is 2.25. The summed E-state index contributed by atoms with van der Waals surface area (Å²) in [5.41, 5.74) is 2.19. The first-order chi connectivity index (χ1) is 15.3. The molecule has 10 heteroatoms. The van der Waals surface area contributed by atoms with Crippen LogP contribution in [0.4, 0.5) is 11.5 Å². The molecule has 8 nitrogen and oxygen atoms in total. The van der Waals surface area contributed by atoms with E-state index < -0.39 is 4.92 Å². The lowest BCUT2D eigenvalue weighted by Crippen LogP contribution is -2.49. The van der Waals surface area contributed by atoms with Crippen LogP contribution >= 0.6 is 23.2 Å². The van der Waals surface area contributed by atoms with E-state index in [-0.39, 0.29) is 11.6 Å². The Labute approximate surface area is 194 Å². The second-order valence-corrected chi connectivity index (χ2v) is 8.28. The summed E-state index contributed by atoms with van der Waals surface area (Å²) in [5.74, 6) is 0.489. The Morgan fingerprint density at radius 3 is 2.38 bits per heavy atom. The van der Waals surface area contributed by atoms with E-state index in [0.29, 0.717) is 58.9 Å². The number of hydrogen-bond acceptors (Lipinski definition) is 6. The summed E-state index contributed by atoms with van der Waals surface area (Å²) in [6, 6.07) is 13.5. The van der Waals surface area contributed by atoms with Crippen molar-refractivity contribution in [2.24, 2.45) is 0 Å². The van der Waals surface area contributed by atoms with Gasteiger partial charge in [0.1, 0.15) is 0 Å². The molecule has 2 aromatic carbocycles. The van der Waals surface area contributed by atoms with Gasteiger partial charge in [0.2, 0.25) is 0 Å². The molecule has 32 heavy (non-hydrogen) atoms. The van der Waals surface area contributed by atoms with Crippen LogP contribution in [0.3, 0.4) is 0 Å². The molecule has 0 unspecified atom stereocenters. The minimum absolute atomic E-state index is 0.0503. The Morgan fingerprint density at radius 1 is 1.00 bits per heavy atom. The van der Waals surface area contributed by atoms with Crippen LogP contribution in [0.25, 0.3) is 11.3 Å². The summed E-state index contributed by atoms with van der Waals surface area (Å²) in [6.45, 7) is 3.77. The van der Waals surface area contributed by atoms with Crippen LogP contribution in [0.15, 0.2) is 48.5 Å². The average Bonchev–Trinajstić information content (AvgIpc) is 2.79. The highest BCUT2D eigenvalue weighted by Crippen LogP contribution is 2.29. The van der Waals surface area contributed by atoms with Gasteiger partial charge in [0.15, 0.2) is 5.82 Å². The van der Waals surface area contributed by atoms with E-state index in [1.165, 1.54) is 6.07 Å². The van der Waals surface area contributed by atoms with Crippen molar-refractivity contribution in [2.75, 3.05) is 31.1 Å². The number of rotatable bonds is 4. The molecule has 1 fully saturated rings. The molecule has 164 valence electrons. The van der Waals surface area contributed by atoms with Crippen LogP contribution in [0.2, 0.25) is 10.0 Å². The number of piperazine rings is 1. The molecule has 2 heterocycles. The molecular weight excluding hydrogens is 453 g/mol. The number of aromatic nitrogens is 2. The first-order valence-corrected chi connectivity index (χ1v) is 10.7. The number of anilines is 1. The zero-order valence-electron chi connectivity index (χ0n) is 17.2. The Bertz CT molecular complexity index is 1180. The molecule has 0 atom stereocenters. The lowest BCUT2D eigenvalue weighted by molar-refractivity contribution is -0.385. The molecule has 1 aromatic heterocycles. The van der Waals surface area contributed by atoms with Gasteiger partial charge < -0.3 is 9.80 Å². The van der Waals surface area contributed by atoms with Crippen molar-refractivity contribution >= 4 is 40.6 Å². The molecule has 0 radical (unpaired) electrons. The number of aryl methyl sites for hydroxylation is 1. The fourth-order valence-corrected chi connectivity index (χ4v) is 4.10. The first-order valence-electron chi connectivity index (χ1n) is 9.92. The average molecular weight is 472 g/mol. The molecule has 0 aliphatic carbocycles. The molecule has 1 aliphatic rings. The maximum Gasteiger partial charge on any atom is 0.273 e. The molecule has 4 rings (SSSR count). The normalized spacial score (nSPS) is 13.8. The van der Waals surface area contributed by atoms with Gasteiger partial charge in [-0.1, -0.05) is 29.3 Å². The van der Waals surface area contributed by atoms with Crippen molar-refractivity contribution in [1.29, 1.82) is 0 Å². The second kappa shape index (κ2) is 9.10. The van der Waals surface area contributed by atoms with Crippen molar-refractivity contribution in [2.45, 2.75) is 6.92 Å². The lowest BCUT2D eigenvalue weighted by Gasteiger charge is -2.35. The SMILES string of the molecule is Cc1ccc(C(=O)N2CCN(c3ccc(-c4ccc(Cl)cc4Cl)nn3)CC2)cc1[N+](=O)[O-]. The third-order valence-corrected chi connectivity index (χ3v) is 5.95. The summed E-state index contributed by atoms with van der Waals surface area (Å²) in [4.78, 5) is 27.3. The van der Waals surface area contributed by atoms with E-state index >= 15 is 0 Å². The van der Waals surface area contributed by atoms with Crippen molar-refractivity contribution in [3.8, 4) is 11.3 Å². The first kappa shape index (κ1) is 22.0. The molecule has 0 saturated carbocycles. The molecule has 3 aromatic rings. The Balaban J connectivity index is 1.42. The van der Waals surface area contributed by atoms with Crippen LogP contribution in [0.5, 0.6) is 0 Å². The summed E-state index contributed by atoms with van der Waals surface area (Å²) >= 11 is 12.2. The molecule has 1 amide bonds. The van der Waals surface area contributed by atoms with Gasteiger partial charge in [0, 0.05) is 54.0 Å². The van der Waals surface area contributed by atoms with Crippen molar-refractivity contribution in [3.05, 3.63) is 79.8 Å². The predicted molar refractivity (Wildman–Crippen MR) is 123 cm³/mol. The third kappa shape index (κ3) is 4.51. The Kier molecular flexibility index (Phi) is 6.25. The molecule has 0 spiro atoms. The number of nitro benzene ring substituents is 1. The second-order valence-electron chi connectivity index (χ2n) is 7.44. The molecule has 1 aliphatic heterocycles. The van der Waals surface area contributed by atoms with Gasteiger partial charge in [-0.15, -0.1) is 10.2 Å². The fourth-order valence-electron chi connectivity index (χ4n) is 3.60. The van der Waals surface area contributed by atoms with Gasteiger partial charge in [0.25, 0.3) is 11.6 Å². The quantitative estimate of drug-likeness (QED) is 0.406. The number of amides is 1. The number of nitrogens with zero attached hydrogens (tertiary/aromatic N) is 5. The third-order valence-electron chi connectivity index (χ3n) is 5.40. The van der Waals surface area contributed by atoms with Gasteiger partial charge in [0.05, 0.1) is 15.6 Å². The van der Waals surface area contributed by atoms with E-state index in [0.717, 1.165) is 5.56 Å². The summed E-state index contributed by atoms with van der Waals surface area (Å²) < 4.78 is 0. The summed E-state index contributed by atoms with van der Waals surface area (Å²) in [6.07, 6.45) is 0. The van der Waals surface area contributed by atoms with Crippen molar-refractivity contribution in [3.63, 3.8) is 0 Å². The predicted octanol–water partition coefficient (Wildman–Crippen LogP) is 4.63. The highest BCUT2D eigenvalue weighted by molar-refractivity contribution is 6.36. The number of carbonyl (C=O) groups excluding carboxylic acids is 1. The number of halogens is 2. The van der Waals surface area contributed by atoms with Gasteiger partial charge in [-0.25, -0.2) is 0 Å². The lowest BCUT2D eigenvalue weighted by atomic mass is 10.1. The number of nitro groups is 1. The maximum atomic E-state index is 12.8. The minimum Gasteiger partial charge on any atom is -0.352 e. The number of hydrogen-bond donors (Lipinski definition) is 0. The van der Waals surface area contributed by atoms with Gasteiger partial charge in [-0.2, -0.15) is 0 Å². The minimum atomic E-state index is -0.469. The highest BCUT2D eigenvalue weighted by atomic mass is 35.5. The Morgan fingerprint density at radius 2 is 1.75 bits per heavy atom. The molecule has 1 saturated heterocycles. The monoisotopic (exact) mass is 471 g/mol. The van der Waals surface area contributed by atoms with E-state index in [1.54, 1.807) is 42.2 Å². The zero-order chi connectivity index (χ0) is 22.8. The molecule has 0 N–H and O–H groups in total. The van der Waals surface area contributed by atoms with Crippen molar-refractivity contribution in [1.82, 2.24) is 15.1 Å². The number of benzene rings is 2.